The number of carbonyl (C=O) groups excluding carboxylic acids is 1. The largest absolute Gasteiger partial charge is 0.480 e. The van der Waals surface area contributed by atoms with Crippen LogP contribution in [0, 0.1) is 11.8 Å². The first-order valence-electron chi connectivity index (χ1n) is 9.35. The summed E-state index contributed by atoms with van der Waals surface area (Å²) < 4.78 is 0. The standard InChI is InChI=1S/C18H30N2O3/c21-17(8-7-13-3-1-2-4-13)19-15-9-16(10-15)20(12-18(22)23)11-14-5-6-14/h13-16H,1-12H2,(H,19,21)(H,22,23). The fourth-order valence-corrected chi connectivity index (χ4v) is 4.09. The van der Waals surface area contributed by atoms with Crippen molar-refractivity contribution >= 4 is 11.9 Å². The third kappa shape index (κ3) is 5.20. The van der Waals surface area contributed by atoms with Gasteiger partial charge in [-0.1, -0.05) is 25.7 Å². The molecule has 1 amide bonds. The number of carboxylic acids is 1. The van der Waals surface area contributed by atoms with Gasteiger partial charge < -0.3 is 10.4 Å². The topological polar surface area (TPSA) is 69.6 Å². The van der Waals surface area contributed by atoms with Gasteiger partial charge in [0.1, 0.15) is 0 Å². The maximum Gasteiger partial charge on any atom is 0.317 e. The van der Waals surface area contributed by atoms with Crippen LogP contribution in [0.3, 0.4) is 0 Å². The lowest BCUT2D eigenvalue weighted by molar-refractivity contribution is -0.140. The average molecular weight is 322 g/mol. The first-order valence-corrected chi connectivity index (χ1v) is 9.35. The summed E-state index contributed by atoms with van der Waals surface area (Å²) in [4.78, 5) is 25.2. The van der Waals surface area contributed by atoms with Crippen molar-refractivity contribution in [3.8, 4) is 0 Å². The van der Waals surface area contributed by atoms with Gasteiger partial charge in [0.2, 0.25) is 5.91 Å². The first kappa shape index (κ1) is 16.7. The molecule has 3 aliphatic rings. The number of hydrogen-bond donors (Lipinski definition) is 2. The molecule has 2 N–H and O–H groups in total. The summed E-state index contributed by atoms with van der Waals surface area (Å²) >= 11 is 0. The lowest BCUT2D eigenvalue weighted by atomic mass is 9.85. The van der Waals surface area contributed by atoms with Crippen molar-refractivity contribution < 1.29 is 14.7 Å². The van der Waals surface area contributed by atoms with E-state index in [0.717, 1.165) is 31.7 Å². The summed E-state index contributed by atoms with van der Waals surface area (Å²) in [6.45, 7) is 1.06. The van der Waals surface area contributed by atoms with Crippen molar-refractivity contribution in [2.75, 3.05) is 13.1 Å². The van der Waals surface area contributed by atoms with Crippen LogP contribution in [0.5, 0.6) is 0 Å². The first-order chi connectivity index (χ1) is 11.1. The van der Waals surface area contributed by atoms with Crippen LogP contribution >= 0.6 is 0 Å². The number of amides is 1. The summed E-state index contributed by atoms with van der Waals surface area (Å²) in [6.07, 6.45) is 11.3. The molecule has 3 saturated carbocycles. The number of aliphatic carboxylic acids is 1. The normalized spacial score (nSPS) is 27.9. The van der Waals surface area contributed by atoms with E-state index < -0.39 is 5.97 Å². The Hall–Kier alpha value is -1.10. The van der Waals surface area contributed by atoms with E-state index in [0.29, 0.717) is 18.4 Å². The van der Waals surface area contributed by atoms with Crippen LogP contribution in [-0.2, 0) is 9.59 Å². The molecule has 0 unspecified atom stereocenters. The Morgan fingerprint density at radius 3 is 2.35 bits per heavy atom. The van der Waals surface area contributed by atoms with Gasteiger partial charge in [0.15, 0.2) is 0 Å². The van der Waals surface area contributed by atoms with E-state index in [-0.39, 0.29) is 18.5 Å². The van der Waals surface area contributed by atoms with Crippen molar-refractivity contribution in [2.45, 2.75) is 76.3 Å². The minimum absolute atomic E-state index is 0.142. The van der Waals surface area contributed by atoms with Gasteiger partial charge in [0, 0.05) is 25.0 Å². The van der Waals surface area contributed by atoms with E-state index in [1.807, 2.05) is 0 Å². The highest BCUT2D eigenvalue weighted by molar-refractivity contribution is 5.76. The summed E-state index contributed by atoms with van der Waals surface area (Å²) in [6, 6.07) is 0.596. The predicted molar refractivity (Wildman–Crippen MR) is 88.1 cm³/mol. The third-order valence-corrected chi connectivity index (χ3v) is 5.78. The van der Waals surface area contributed by atoms with Crippen LogP contribution in [0.15, 0.2) is 0 Å². The van der Waals surface area contributed by atoms with Crippen molar-refractivity contribution in [3.63, 3.8) is 0 Å². The van der Waals surface area contributed by atoms with Gasteiger partial charge in [-0.2, -0.15) is 0 Å². The van der Waals surface area contributed by atoms with Crippen LogP contribution in [0.25, 0.3) is 0 Å². The van der Waals surface area contributed by atoms with E-state index in [4.69, 9.17) is 5.11 Å². The van der Waals surface area contributed by atoms with Crippen molar-refractivity contribution in [1.82, 2.24) is 10.2 Å². The van der Waals surface area contributed by atoms with E-state index in [9.17, 15) is 9.59 Å². The number of nitrogens with one attached hydrogen (secondary N) is 1. The van der Waals surface area contributed by atoms with E-state index >= 15 is 0 Å². The lowest BCUT2D eigenvalue weighted by Crippen LogP contribution is -2.55. The van der Waals surface area contributed by atoms with Gasteiger partial charge in [-0.15, -0.1) is 0 Å². The molecule has 3 rings (SSSR count). The Balaban J connectivity index is 1.33. The number of nitrogens with zero attached hydrogens (tertiary/aromatic N) is 1. The second kappa shape index (κ2) is 7.65. The van der Waals surface area contributed by atoms with Gasteiger partial charge in [0.05, 0.1) is 6.54 Å². The fraction of sp³-hybridized carbons (Fsp3) is 0.889. The molecule has 0 saturated heterocycles. The number of rotatable bonds is 9. The Bertz CT molecular complexity index is 424. The number of carbonyl (C=O) groups is 2. The fourth-order valence-electron chi connectivity index (χ4n) is 4.09. The highest BCUT2D eigenvalue weighted by atomic mass is 16.4. The molecular weight excluding hydrogens is 292 g/mol. The van der Waals surface area contributed by atoms with Crippen LogP contribution in [0.4, 0.5) is 0 Å². The molecule has 23 heavy (non-hydrogen) atoms. The molecule has 130 valence electrons. The summed E-state index contributed by atoms with van der Waals surface area (Å²) in [7, 11) is 0. The predicted octanol–water partition coefficient (Wildman–Crippen LogP) is 2.40. The van der Waals surface area contributed by atoms with Gasteiger partial charge >= 0.3 is 5.97 Å². The van der Waals surface area contributed by atoms with Crippen LogP contribution in [0.2, 0.25) is 0 Å². The Morgan fingerprint density at radius 2 is 1.74 bits per heavy atom. The Labute approximate surface area is 138 Å². The molecule has 3 fully saturated rings. The average Bonchev–Trinajstić information content (AvgIpc) is 3.11. The van der Waals surface area contributed by atoms with Crippen molar-refractivity contribution in [1.29, 1.82) is 0 Å². The van der Waals surface area contributed by atoms with Crippen molar-refractivity contribution in [2.24, 2.45) is 11.8 Å². The lowest BCUT2D eigenvalue weighted by Gasteiger charge is -2.42. The molecule has 0 spiro atoms. The Kier molecular flexibility index (Phi) is 5.57. The zero-order valence-electron chi connectivity index (χ0n) is 14.0. The summed E-state index contributed by atoms with van der Waals surface area (Å²) in [5.74, 6) is 0.913. The van der Waals surface area contributed by atoms with Crippen LogP contribution < -0.4 is 5.32 Å². The second-order valence-corrected chi connectivity index (χ2v) is 7.85. The molecule has 0 radical (unpaired) electrons. The number of hydrogen-bond acceptors (Lipinski definition) is 3. The molecule has 0 aliphatic heterocycles. The van der Waals surface area contributed by atoms with E-state index in [1.165, 1.54) is 38.5 Å². The molecule has 0 atom stereocenters. The van der Waals surface area contributed by atoms with Gasteiger partial charge in [-0.05, 0) is 43.9 Å². The van der Waals surface area contributed by atoms with Crippen molar-refractivity contribution in [3.05, 3.63) is 0 Å². The zero-order valence-corrected chi connectivity index (χ0v) is 14.0. The maximum absolute atomic E-state index is 12.0. The van der Waals surface area contributed by atoms with Crippen LogP contribution in [-0.4, -0.2) is 47.1 Å². The molecule has 0 heterocycles. The highest BCUT2D eigenvalue weighted by Gasteiger charge is 2.37. The van der Waals surface area contributed by atoms with Gasteiger partial charge in [0.25, 0.3) is 0 Å². The smallest absolute Gasteiger partial charge is 0.317 e. The minimum atomic E-state index is -0.741. The molecule has 0 aromatic heterocycles. The maximum atomic E-state index is 12.0. The van der Waals surface area contributed by atoms with Gasteiger partial charge in [-0.25, -0.2) is 0 Å². The highest BCUT2D eigenvalue weighted by Crippen LogP contribution is 2.34. The zero-order chi connectivity index (χ0) is 16.2. The SMILES string of the molecule is O=C(O)CN(CC1CC1)C1CC(NC(=O)CCC2CCCC2)C1. The van der Waals surface area contributed by atoms with E-state index in [2.05, 4.69) is 10.2 Å². The van der Waals surface area contributed by atoms with E-state index in [1.54, 1.807) is 0 Å². The van der Waals surface area contributed by atoms with Gasteiger partial charge in [-0.3, -0.25) is 14.5 Å². The molecule has 5 heteroatoms. The molecule has 0 bridgehead atoms. The molecule has 0 aromatic rings. The second-order valence-electron chi connectivity index (χ2n) is 7.85. The molecular formula is C18H30N2O3. The number of carboxylic acid groups (broad SMARTS) is 1. The minimum Gasteiger partial charge on any atom is -0.480 e. The molecule has 5 nitrogen and oxygen atoms in total. The quantitative estimate of drug-likeness (QED) is 0.684. The Morgan fingerprint density at radius 1 is 1.04 bits per heavy atom. The third-order valence-electron chi connectivity index (χ3n) is 5.78. The monoisotopic (exact) mass is 322 g/mol. The summed E-state index contributed by atoms with van der Waals surface area (Å²) in [5, 5.41) is 12.2. The summed E-state index contributed by atoms with van der Waals surface area (Å²) in [5.41, 5.74) is 0. The molecule has 3 aliphatic carbocycles. The van der Waals surface area contributed by atoms with Crippen LogP contribution in [0.1, 0.15) is 64.2 Å². The molecule has 0 aromatic carbocycles.